The number of hydrogen-bond donors (Lipinski definition) is 2. The van der Waals surface area contributed by atoms with Gasteiger partial charge in [0.1, 0.15) is 11.0 Å². The number of hydrogen-bond acceptors (Lipinski definition) is 5. The average Bonchev–Trinajstić information content (AvgIpc) is 2.82. The Morgan fingerprint density at radius 1 is 1.50 bits per heavy atom. The lowest BCUT2D eigenvalue weighted by Crippen LogP contribution is -2.31. The molecule has 0 radical (unpaired) electrons. The maximum atomic E-state index is 6.13. The lowest BCUT2D eigenvalue weighted by atomic mass is 10.2. The summed E-state index contributed by atoms with van der Waals surface area (Å²) >= 11 is 12.4. The molecule has 0 aliphatic heterocycles. The molecule has 8 heteroatoms. The number of rotatable bonds is 4. The van der Waals surface area contributed by atoms with E-state index in [0.29, 0.717) is 29.0 Å². The highest BCUT2D eigenvalue weighted by Gasteiger charge is 2.10. The van der Waals surface area contributed by atoms with E-state index in [1.165, 1.54) is 0 Å². The Morgan fingerprint density at radius 3 is 3.11 bits per heavy atom. The van der Waals surface area contributed by atoms with Gasteiger partial charge in [0, 0.05) is 13.7 Å². The van der Waals surface area contributed by atoms with Gasteiger partial charge in [0.25, 0.3) is 0 Å². The van der Waals surface area contributed by atoms with E-state index in [9.17, 15) is 0 Å². The van der Waals surface area contributed by atoms with Crippen molar-refractivity contribution in [3.05, 3.63) is 17.2 Å². The monoisotopic (exact) mass is 302 g/mol. The van der Waals surface area contributed by atoms with Gasteiger partial charge in [-0.15, -0.1) is 0 Å². The van der Waals surface area contributed by atoms with E-state index in [1.54, 1.807) is 13.2 Å². The van der Waals surface area contributed by atoms with Gasteiger partial charge in [-0.05, 0) is 24.4 Å². The average molecular weight is 303 g/mol. The number of benzene rings is 1. The van der Waals surface area contributed by atoms with Crippen LogP contribution in [-0.4, -0.2) is 34.1 Å². The van der Waals surface area contributed by atoms with Crippen LogP contribution in [0, 0.1) is 0 Å². The standard InChI is InChI=1S/C10H11ClN4OS2/c1-16-5-4-12-10(17)13-8-6(11)2-3-7-9(8)15-18-14-7/h2-3H,4-5H2,1H3,(H2,12,13,17). The highest BCUT2D eigenvalue weighted by molar-refractivity contribution is 7.80. The molecule has 96 valence electrons. The first-order valence-electron chi connectivity index (χ1n) is 5.17. The van der Waals surface area contributed by atoms with E-state index in [2.05, 4.69) is 19.4 Å². The molecule has 0 fully saturated rings. The highest BCUT2D eigenvalue weighted by Crippen LogP contribution is 2.29. The minimum Gasteiger partial charge on any atom is -0.383 e. The maximum absolute atomic E-state index is 6.13. The zero-order valence-electron chi connectivity index (χ0n) is 9.57. The van der Waals surface area contributed by atoms with Crippen molar-refractivity contribution in [3.63, 3.8) is 0 Å². The number of ether oxygens (including phenoxy) is 1. The number of anilines is 1. The molecule has 2 N–H and O–H groups in total. The summed E-state index contributed by atoms with van der Waals surface area (Å²) in [6.45, 7) is 1.21. The summed E-state index contributed by atoms with van der Waals surface area (Å²) < 4.78 is 13.3. The predicted molar refractivity (Wildman–Crippen MR) is 78.5 cm³/mol. The Kier molecular flexibility index (Phi) is 4.65. The quantitative estimate of drug-likeness (QED) is 0.667. The number of aromatic nitrogens is 2. The molecular weight excluding hydrogens is 292 g/mol. The number of halogens is 1. The number of thiocarbonyl (C=S) groups is 1. The van der Waals surface area contributed by atoms with Crippen LogP contribution in [0.1, 0.15) is 0 Å². The second kappa shape index (κ2) is 6.24. The molecule has 0 aliphatic rings. The van der Waals surface area contributed by atoms with E-state index in [-0.39, 0.29) is 0 Å². The van der Waals surface area contributed by atoms with E-state index in [1.807, 2.05) is 6.07 Å². The van der Waals surface area contributed by atoms with Gasteiger partial charge in [-0.25, -0.2) is 0 Å². The van der Waals surface area contributed by atoms with Crippen molar-refractivity contribution in [2.75, 3.05) is 25.6 Å². The Bertz CT molecular complexity index is 560. The first kappa shape index (κ1) is 13.4. The van der Waals surface area contributed by atoms with Crippen molar-refractivity contribution in [3.8, 4) is 0 Å². The minimum absolute atomic E-state index is 0.481. The van der Waals surface area contributed by atoms with Crippen LogP contribution < -0.4 is 10.6 Å². The van der Waals surface area contributed by atoms with Crippen molar-refractivity contribution < 1.29 is 4.74 Å². The summed E-state index contributed by atoms with van der Waals surface area (Å²) in [4.78, 5) is 0. The second-order valence-electron chi connectivity index (χ2n) is 3.43. The number of nitrogens with one attached hydrogen (secondary N) is 2. The van der Waals surface area contributed by atoms with Crippen LogP contribution in [0.2, 0.25) is 5.02 Å². The van der Waals surface area contributed by atoms with E-state index < -0.39 is 0 Å². The van der Waals surface area contributed by atoms with Gasteiger partial charge in [-0.1, -0.05) is 11.6 Å². The predicted octanol–water partition coefficient (Wildman–Crippen LogP) is 2.28. The molecule has 18 heavy (non-hydrogen) atoms. The molecule has 0 spiro atoms. The molecule has 0 unspecified atom stereocenters. The fraction of sp³-hybridized carbons (Fsp3) is 0.300. The Balaban J connectivity index is 2.13. The second-order valence-corrected chi connectivity index (χ2v) is 4.77. The van der Waals surface area contributed by atoms with Gasteiger partial charge in [0.2, 0.25) is 0 Å². The van der Waals surface area contributed by atoms with Crippen LogP contribution >= 0.6 is 35.5 Å². The largest absolute Gasteiger partial charge is 0.383 e. The lowest BCUT2D eigenvalue weighted by Gasteiger charge is -2.11. The van der Waals surface area contributed by atoms with Crippen molar-refractivity contribution >= 4 is 57.4 Å². The van der Waals surface area contributed by atoms with Crippen LogP contribution in [0.3, 0.4) is 0 Å². The SMILES string of the molecule is COCCNC(=S)Nc1c(Cl)ccc2nsnc12. The number of nitrogens with zero attached hydrogens (tertiary/aromatic N) is 2. The van der Waals surface area contributed by atoms with Gasteiger partial charge in [0.05, 0.1) is 29.0 Å². The molecule has 0 saturated heterocycles. The summed E-state index contributed by atoms with van der Waals surface area (Å²) in [5, 5.41) is 7.09. The van der Waals surface area contributed by atoms with Gasteiger partial charge >= 0.3 is 0 Å². The van der Waals surface area contributed by atoms with Crippen molar-refractivity contribution in [2.24, 2.45) is 0 Å². The van der Waals surface area contributed by atoms with Crippen LogP contribution in [-0.2, 0) is 4.74 Å². The summed E-state index contributed by atoms with van der Waals surface area (Å²) in [6.07, 6.45) is 0. The molecule has 0 bridgehead atoms. The Labute approximate surface area is 119 Å². The summed E-state index contributed by atoms with van der Waals surface area (Å²) in [5.41, 5.74) is 2.20. The molecule has 5 nitrogen and oxygen atoms in total. The van der Waals surface area contributed by atoms with Crippen LogP contribution in [0.25, 0.3) is 11.0 Å². The maximum Gasteiger partial charge on any atom is 0.170 e. The fourth-order valence-corrected chi connectivity index (χ4v) is 2.32. The molecule has 1 heterocycles. The third kappa shape index (κ3) is 3.05. The van der Waals surface area contributed by atoms with Crippen molar-refractivity contribution in [2.45, 2.75) is 0 Å². The van der Waals surface area contributed by atoms with Crippen LogP contribution in [0.5, 0.6) is 0 Å². The number of methoxy groups -OCH3 is 1. The smallest absolute Gasteiger partial charge is 0.170 e. The first-order chi connectivity index (χ1) is 8.72. The fourth-order valence-electron chi connectivity index (χ4n) is 1.37. The van der Waals surface area contributed by atoms with Crippen LogP contribution in [0.4, 0.5) is 5.69 Å². The zero-order valence-corrected chi connectivity index (χ0v) is 12.0. The summed E-state index contributed by atoms with van der Waals surface area (Å²) in [7, 11) is 1.64. The van der Waals surface area contributed by atoms with Crippen molar-refractivity contribution in [1.29, 1.82) is 0 Å². The van der Waals surface area contributed by atoms with Gasteiger partial charge in [0.15, 0.2) is 5.11 Å². The normalized spacial score (nSPS) is 10.6. The highest BCUT2D eigenvalue weighted by atomic mass is 35.5. The summed E-state index contributed by atoms with van der Waals surface area (Å²) in [6, 6.07) is 3.60. The zero-order chi connectivity index (χ0) is 13.0. The van der Waals surface area contributed by atoms with E-state index >= 15 is 0 Å². The topological polar surface area (TPSA) is 59.1 Å². The molecule has 0 aliphatic carbocycles. The molecule has 0 atom stereocenters. The number of fused-ring (bicyclic) bond motifs is 1. The molecule has 1 aromatic carbocycles. The molecule has 1 aromatic heterocycles. The van der Waals surface area contributed by atoms with Gasteiger partial charge in [-0.2, -0.15) is 8.75 Å². The Hall–Kier alpha value is -1.02. The Morgan fingerprint density at radius 2 is 2.33 bits per heavy atom. The van der Waals surface area contributed by atoms with Crippen LogP contribution in [0.15, 0.2) is 12.1 Å². The molecule has 0 saturated carbocycles. The molecule has 2 rings (SSSR count). The first-order valence-corrected chi connectivity index (χ1v) is 6.68. The molecular formula is C10H11ClN4OS2. The summed E-state index contributed by atoms with van der Waals surface area (Å²) in [5.74, 6) is 0. The molecule has 0 amide bonds. The van der Waals surface area contributed by atoms with E-state index in [4.69, 9.17) is 28.6 Å². The third-order valence-corrected chi connectivity index (χ3v) is 3.31. The lowest BCUT2D eigenvalue weighted by molar-refractivity contribution is 0.204. The minimum atomic E-state index is 0.481. The molecule has 2 aromatic rings. The van der Waals surface area contributed by atoms with Crippen molar-refractivity contribution in [1.82, 2.24) is 14.1 Å². The van der Waals surface area contributed by atoms with Gasteiger partial charge < -0.3 is 15.4 Å². The van der Waals surface area contributed by atoms with Gasteiger partial charge in [-0.3, -0.25) is 0 Å². The van der Waals surface area contributed by atoms with E-state index in [0.717, 1.165) is 22.8 Å². The third-order valence-electron chi connectivity index (χ3n) is 2.21.